The van der Waals surface area contributed by atoms with Crippen molar-refractivity contribution in [1.82, 2.24) is 4.98 Å². The highest BCUT2D eigenvalue weighted by Gasteiger charge is 2.11. The molecule has 3 nitrogen and oxygen atoms in total. The molecule has 0 amide bonds. The van der Waals surface area contributed by atoms with E-state index in [4.69, 9.17) is 0 Å². The van der Waals surface area contributed by atoms with E-state index in [0.29, 0.717) is 16.9 Å². The maximum atomic E-state index is 13.9. The molecule has 5 heteroatoms. The average Bonchev–Trinajstić information content (AvgIpc) is 2.51. The van der Waals surface area contributed by atoms with Crippen molar-refractivity contribution in [1.29, 1.82) is 5.26 Å². The lowest BCUT2D eigenvalue weighted by molar-refractivity contribution is 0.631. The molecule has 0 saturated carbocycles. The average molecular weight is 342 g/mol. The molecule has 102 valence electrons. The summed E-state index contributed by atoms with van der Waals surface area (Å²) in [6, 6.07) is 14.1. The Bertz CT molecular complexity index is 871. The Kier molecular flexibility index (Phi) is 3.55. The number of hydrogen-bond donors (Lipinski definition) is 1. The van der Waals surface area contributed by atoms with Gasteiger partial charge in [-0.15, -0.1) is 0 Å². The number of para-hydroxylation sites is 1. The fraction of sp³-hybridized carbons (Fsp3) is 0. The molecule has 21 heavy (non-hydrogen) atoms. The van der Waals surface area contributed by atoms with Gasteiger partial charge in [0.1, 0.15) is 11.9 Å². The number of fused-ring (bicyclic) bond motifs is 1. The molecular weight excluding hydrogens is 333 g/mol. The SMILES string of the molecule is N#Cc1cnc2ccccc2c1Nc1cc(Br)ccc1F. The molecule has 0 radical (unpaired) electrons. The lowest BCUT2D eigenvalue weighted by Crippen LogP contribution is -1.98. The van der Waals surface area contributed by atoms with E-state index < -0.39 is 0 Å². The predicted octanol–water partition coefficient (Wildman–Crippen LogP) is 4.75. The van der Waals surface area contributed by atoms with Crippen molar-refractivity contribution in [3.05, 3.63) is 64.5 Å². The van der Waals surface area contributed by atoms with Crippen LogP contribution >= 0.6 is 15.9 Å². The van der Waals surface area contributed by atoms with E-state index >= 15 is 0 Å². The second-order valence-electron chi connectivity index (χ2n) is 4.42. The second kappa shape index (κ2) is 5.51. The minimum Gasteiger partial charge on any atom is -0.351 e. The Labute approximate surface area is 129 Å². The topological polar surface area (TPSA) is 48.7 Å². The molecule has 0 aliphatic rings. The molecule has 0 atom stereocenters. The number of benzene rings is 2. The van der Waals surface area contributed by atoms with Crippen LogP contribution in [0.5, 0.6) is 0 Å². The summed E-state index contributed by atoms with van der Waals surface area (Å²) in [5.74, 6) is -0.386. The first-order valence-corrected chi connectivity index (χ1v) is 6.98. The van der Waals surface area contributed by atoms with Crippen molar-refractivity contribution in [2.45, 2.75) is 0 Å². The molecule has 0 bridgehead atoms. The summed E-state index contributed by atoms with van der Waals surface area (Å²) in [4.78, 5) is 4.23. The van der Waals surface area contributed by atoms with Crippen LogP contribution < -0.4 is 5.32 Å². The smallest absolute Gasteiger partial charge is 0.146 e. The Hall–Kier alpha value is -2.45. The maximum absolute atomic E-state index is 13.9. The standard InChI is InChI=1S/C16H9BrFN3/c17-11-5-6-13(18)15(7-11)21-16-10(8-19)9-20-14-4-2-1-3-12(14)16/h1-7,9H,(H,20,21). The predicted molar refractivity (Wildman–Crippen MR) is 83.8 cm³/mol. The van der Waals surface area contributed by atoms with E-state index in [1.165, 1.54) is 12.3 Å². The first-order chi connectivity index (χ1) is 10.2. The highest BCUT2D eigenvalue weighted by molar-refractivity contribution is 9.10. The molecule has 0 spiro atoms. The van der Waals surface area contributed by atoms with Crippen LogP contribution in [0, 0.1) is 17.1 Å². The van der Waals surface area contributed by atoms with Gasteiger partial charge in [0.15, 0.2) is 0 Å². The molecule has 0 saturated heterocycles. The fourth-order valence-electron chi connectivity index (χ4n) is 2.09. The van der Waals surface area contributed by atoms with Crippen molar-refractivity contribution in [2.24, 2.45) is 0 Å². The van der Waals surface area contributed by atoms with Gasteiger partial charge in [0, 0.05) is 16.1 Å². The van der Waals surface area contributed by atoms with Crippen LogP contribution in [0.25, 0.3) is 10.9 Å². The number of nitrogens with one attached hydrogen (secondary N) is 1. The molecule has 0 fully saturated rings. The van der Waals surface area contributed by atoms with E-state index in [0.717, 1.165) is 15.4 Å². The van der Waals surface area contributed by atoms with Gasteiger partial charge in [0.25, 0.3) is 0 Å². The molecule has 1 heterocycles. The van der Waals surface area contributed by atoms with E-state index in [1.807, 2.05) is 24.3 Å². The maximum Gasteiger partial charge on any atom is 0.146 e. The number of halogens is 2. The van der Waals surface area contributed by atoms with Gasteiger partial charge < -0.3 is 5.32 Å². The zero-order valence-corrected chi connectivity index (χ0v) is 12.4. The van der Waals surface area contributed by atoms with Gasteiger partial charge in [0.2, 0.25) is 0 Å². The zero-order chi connectivity index (χ0) is 14.8. The zero-order valence-electron chi connectivity index (χ0n) is 10.8. The summed E-state index contributed by atoms with van der Waals surface area (Å²) in [5.41, 5.74) is 1.97. The Morgan fingerprint density at radius 3 is 2.81 bits per heavy atom. The van der Waals surface area contributed by atoms with Crippen molar-refractivity contribution in [2.75, 3.05) is 5.32 Å². The summed E-state index contributed by atoms with van der Waals surface area (Å²) >= 11 is 3.31. The highest BCUT2D eigenvalue weighted by atomic mass is 79.9. The molecule has 1 aromatic heterocycles. The number of aromatic nitrogens is 1. The molecule has 3 aromatic rings. The number of hydrogen-bond acceptors (Lipinski definition) is 3. The van der Waals surface area contributed by atoms with Gasteiger partial charge in [-0.2, -0.15) is 5.26 Å². The van der Waals surface area contributed by atoms with Crippen LogP contribution in [0.1, 0.15) is 5.56 Å². The first-order valence-electron chi connectivity index (χ1n) is 6.19. The largest absolute Gasteiger partial charge is 0.351 e. The highest BCUT2D eigenvalue weighted by Crippen LogP contribution is 2.30. The first kappa shape index (κ1) is 13.5. The van der Waals surface area contributed by atoms with Crippen LogP contribution in [0.3, 0.4) is 0 Å². The summed E-state index contributed by atoms with van der Waals surface area (Å²) in [6.45, 7) is 0. The van der Waals surface area contributed by atoms with Crippen molar-refractivity contribution >= 4 is 38.2 Å². The summed E-state index contributed by atoms with van der Waals surface area (Å²) in [6.07, 6.45) is 1.49. The third kappa shape index (κ3) is 2.58. The molecular formula is C16H9BrFN3. The lowest BCUT2D eigenvalue weighted by Gasteiger charge is -2.12. The van der Waals surface area contributed by atoms with Crippen LogP contribution in [0.2, 0.25) is 0 Å². The summed E-state index contributed by atoms with van der Waals surface area (Å²) in [5, 5.41) is 13.0. The van der Waals surface area contributed by atoms with E-state index in [-0.39, 0.29) is 5.82 Å². The number of pyridine rings is 1. The van der Waals surface area contributed by atoms with Gasteiger partial charge in [-0.1, -0.05) is 34.1 Å². The van der Waals surface area contributed by atoms with E-state index in [1.54, 1.807) is 12.1 Å². The number of anilines is 2. The second-order valence-corrected chi connectivity index (χ2v) is 5.34. The van der Waals surface area contributed by atoms with Crippen LogP contribution in [-0.2, 0) is 0 Å². The number of nitriles is 1. The molecule has 0 unspecified atom stereocenters. The molecule has 0 aliphatic carbocycles. The van der Waals surface area contributed by atoms with Crippen LogP contribution in [-0.4, -0.2) is 4.98 Å². The quantitative estimate of drug-likeness (QED) is 0.731. The fourth-order valence-corrected chi connectivity index (χ4v) is 2.45. The van der Waals surface area contributed by atoms with Crippen molar-refractivity contribution in [3.63, 3.8) is 0 Å². The lowest BCUT2D eigenvalue weighted by atomic mass is 10.1. The monoisotopic (exact) mass is 341 g/mol. The third-order valence-electron chi connectivity index (χ3n) is 3.08. The molecule has 0 aliphatic heterocycles. The number of nitrogens with zero attached hydrogens (tertiary/aromatic N) is 2. The minimum atomic E-state index is -0.386. The minimum absolute atomic E-state index is 0.303. The van der Waals surface area contributed by atoms with Gasteiger partial charge >= 0.3 is 0 Å². The van der Waals surface area contributed by atoms with Gasteiger partial charge in [-0.05, 0) is 24.3 Å². The number of rotatable bonds is 2. The van der Waals surface area contributed by atoms with Gasteiger partial charge in [-0.3, -0.25) is 4.98 Å². The van der Waals surface area contributed by atoms with Crippen molar-refractivity contribution in [3.8, 4) is 6.07 Å². The Morgan fingerprint density at radius 2 is 2.00 bits per heavy atom. The third-order valence-corrected chi connectivity index (χ3v) is 3.58. The van der Waals surface area contributed by atoms with Gasteiger partial charge in [0.05, 0.1) is 22.5 Å². The summed E-state index contributed by atoms with van der Waals surface area (Å²) in [7, 11) is 0. The molecule has 1 N–H and O–H groups in total. The molecule has 3 rings (SSSR count). The van der Waals surface area contributed by atoms with Crippen LogP contribution in [0.4, 0.5) is 15.8 Å². The van der Waals surface area contributed by atoms with Crippen molar-refractivity contribution < 1.29 is 4.39 Å². The summed E-state index contributed by atoms with van der Waals surface area (Å²) < 4.78 is 14.7. The Balaban J connectivity index is 2.19. The molecule has 2 aromatic carbocycles. The Morgan fingerprint density at radius 1 is 1.19 bits per heavy atom. The van der Waals surface area contributed by atoms with E-state index in [2.05, 4.69) is 32.3 Å². The van der Waals surface area contributed by atoms with Crippen LogP contribution in [0.15, 0.2) is 53.1 Å². The normalized spacial score (nSPS) is 10.3. The van der Waals surface area contributed by atoms with Gasteiger partial charge in [-0.25, -0.2) is 4.39 Å². The van der Waals surface area contributed by atoms with E-state index in [9.17, 15) is 9.65 Å².